The maximum atomic E-state index is 13.2. The number of halogens is 1. The zero-order chi connectivity index (χ0) is 14.0. The number of benzene rings is 1. The largest absolute Gasteiger partial charge is 0.370 e. The first-order chi connectivity index (χ1) is 8.99. The minimum Gasteiger partial charge on any atom is -0.370 e. The zero-order valence-corrected chi connectivity index (χ0v) is 11.7. The molecular weight excluding hydrogens is 243 g/mol. The molecule has 0 saturated heterocycles. The molecule has 1 unspecified atom stereocenters. The highest BCUT2D eigenvalue weighted by Gasteiger charge is 2.28. The van der Waals surface area contributed by atoms with E-state index in [9.17, 15) is 4.39 Å². The van der Waals surface area contributed by atoms with E-state index in [4.69, 9.17) is 5.73 Å². The molecule has 1 atom stereocenters. The molecule has 1 aliphatic rings. The Morgan fingerprint density at radius 1 is 1.47 bits per heavy atom. The van der Waals surface area contributed by atoms with Gasteiger partial charge in [0.1, 0.15) is 5.82 Å². The van der Waals surface area contributed by atoms with Crippen molar-refractivity contribution >= 4 is 5.96 Å². The van der Waals surface area contributed by atoms with Crippen molar-refractivity contribution in [2.45, 2.75) is 13.0 Å². The first kappa shape index (κ1) is 13.8. The van der Waals surface area contributed by atoms with Crippen LogP contribution in [-0.4, -0.2) is 49.5 Å². The molecule has 2 rings (SSSR count). The second-order valence-corrected chi connectivity index (χ2v) is 5.21. The first-order valence-corrected chi connectivity index (χ1v) is 6.46. The molecule has 0 saturated carbocycles. The molecule has 104 valence electrons. The fourth-order valence-electron chi connectivity index (χ4n) is 2.39. The highest BCUT2D eigenvalue weighted by atomic mass is 19.1. The molecule has 0 aromatic heterocycles. The number of guanidine groups is 1. The molecule has 5 heteroatoms. The second kappa shape index (κ2) is 5.57. The summed E-state index contributed by atoms with van der Waals surface area (Å²) in [7, 11) is 4.06. The molecule has 0 radical (unpaired) electrons. The molecule has 0 fully saturated rings. The number of nitrogens with two attached hydrogens (primary N) is 1. The fraction of sp³-hybridized carbons (Fsp3) is 0.500. The summed E-state index contributed by atoms with van der Waals surface area (Å²) >= 11 is 0. The predicted molar refractivity (Wildman–Crippen MR) is 75.6 cm³/mol. The number of rotatable bonds is 4. The van der Waals surface area contributed by atoms with Crippen LogP contribution in [0.2, 0.25) is 0 Å². The number of aryl methyl sites for hydroxylation is 1. The third-order valence-corrected chi connectivity index (χ3v) is 3.48. The van der Waals surface area contributed by atoms with Gasteiger partial charge in [-0.1, -0.05) is 6.07 Å². The van der Waals surface area contributed by atoms with Crippen LogP contribution in [0.3, 0.4) is 0 Å². The summed E-state index contributed by atoms with van der Waals surface area (Å²) in [4.78, 5) is 8.53. The lowest BCUT2D eigenvalue weighted by Gasteiger charge is -2.28. The molecule has 0 aliphatic carbocycles. The van der Waals surface area contributed by atoms with Crippen LogP contribution in [0.5, 0.6) is 0 Å². The van der Waals surface area contributed by atoms with Crippen molar-refractivity contribution < 1.29 is 4.39 Å². The summed E-state index contributed by atoms with van der Waals surface area (Å²) < 4.78 is 13.2. The van der Waals surface area contributed by atoms with E-state index in [0.29, 0.717) is 12.5 Å². The van der Waals surface area contributed by atoms with Crippen molar-refractivity contribution in [1.29, 1.82) is 0 Å². The second-order valence-electron chi connectivity index (χ2n) is 5.21. The summed E-state index contributed by atoms with van der Waals surface area (Å²) in [5, 5.41) is 0. The van der Waals surface area contributed by atoms with Crippen molar-refractivity contribution in [3.05, 3.63) is 35.1 Å². The minimum atomic E-state index is -0.201. The molecule has 2 N–H and O–H groups in total. The van der Waals surface area contributed by atoms with E-state index in [-0.39, 0.29) is 11.9 Å². The van der Waals surface area contributed by atoms with Crippen LogP contribution in [0.4, 0.5) is 4.39 Å². The van der Waals surface area contributed by atoms with E-state index in [0.717, 1.165) is 24.2 Å². The average molecular weight is 264 g/mol. The smallest absolute Gasteiger partial charge is 0.191 e. The van der Waals surface area contributed by atoms with E-state index < -0.39 is 0 Å². The van der Waals surface area contributed by atoms with Gasteiger partial charge in [0.15, 0.2) is 5.96 Å². The van der Waals surface area contributed by atoms with Gasteiger partial charge in [-0.25, -0.2) is 4.39 Å². The molecule has 19 heavy (non-hydrogen) atoms. The Kier molecular flexibility index (Phi) is 4.04. The highest BCUT2D eigenvalue weighted by molar-refractivity contribution is 5.80. The van der Waals surface area contributed by atoms with Crippen molar-refractivity contribution in [3.63, 3.8) is 0 Å². The fourth-order valence-corrected chi connectivity index (χ4v) is 2.39. The topological polar surface area (TPSA) is 44.9 Å². The maximum absolute atomic E-state index is 13.2. The molecule has 1 aromatic rings. The van der Waals surface area contributed by atoms with Crippen LogP contribution >= 0.6 is 0 Å². The van der Waals surface area contributed by atoms with Gasteiger partial charge < -0.3 is 15.5 Å². The first-order valence-electron chi connectivity index (χ1n) is 6.46. The van der Waals surface area contributed by atoms with Gasteiger partial charge in [0.25, 0.3) is 0 Å². The molecule has 0 bridgehead atoms. The van der Waals surface area contributed by atoms with E-state index in [1.54, 1.807) is 6.07 Å². The van der Waals surface area contributed by atoms with Crippen LogP contribution in [-0.2, 0) is 0 Å². The Bertz CT molecular complexity index is 484. The number of aliphatic imine (C=N–C) groups is 1. The zero-order valence-electron chi connectivity index (χ0n) is 11.7. The standard InChI is InChI=1S/C14H21FN4/c1-10-8-11(15)4-5-12(10)13-9-17-14(16)19(13)7-6-18(2)3/h4-5,8,13H,6-7,9H2,1-3H3,(H2,16,17). The van der Waals surface area contributed by atoms with Crippen molar-refractivity contribution in [1.82, 2.24) is 9.80 Å². The van der Waals surface area contributed by atoms with Crippen LogP contribution in [0, 0.1) is 12.7 Å². The van der Waals surface area contributed by atoms with Gasteiger partial charge in [0, 0.05) is 13.1 Å². The highest BCUT2D eigenvalue weighted by Crippen LogP contribution is 2.28. The van der Waals surface area contributed by atoms with Gasteiger partial charge in [-0.2, -0.15) is 0 Å². The normalized spacial score (nSPS) is 19.1. The third-order valence-electron chi connectivity index (χ3n) is 3.48. The number of nitrogens with zero attached hydrogens (tertiary/aromatic N) is 3. The Morgan fingerprint density at radius 2 is 2.21 bits per heavy atom. The van der Waals surface area contributed by atoms with E-state index in [2.05, 4.69) is 14.8 Å². The van der Waals surface area contributed by atoms with Crippen LogP contribution < -0.4 is 5.73 Å². The molecule has 0 amide bonds. The van der Waals surface area contributed by atoms with Gasteiger partial charge in [0.2, 0.25) is 0 Å². The summed E-state index contributed by atoms with van der Waals surface area (Å²) in [6.07, 6.45) is 0. The Morgan fingerprint density at radius 3 is 2.84 bits per heavy atom. The van der Waals surface area contributed by atoms with E-state index in [1.165, 1.54) is 6.07 Å². The lowest BCUT2D eigenvalue weighted by Crippen LogP contribution is -2.40. The lowest BCUT2D eigenvalue weighted by molar-refractivity contribution is 0.292. The summed E-state index contributed by atoms with van der Waals surface area (Å²) in [6.45, 7) is 4.31. The number of hydrogen-bond donors (Lipinski definition) is 1. The maximum Gasteiger partial charge on any atom is 0.191 e. The summed E-state index contributed by atoms with van der Waals surface area (Å²) in [5.41, 5.74) is 8.01. The Labute approximate surface area is 113 Å². The van der Waals surface area contributed by atoms with Crippen LogP contribution in [0.15, 0.2) is 23.2 Å². The SMILES string of the molecule is Cc1cc(F)ccc1C1CN=C(N)N1CCN(C)C. The van der Waals surface area contributed by atoms with Gasteiger partial charge in [-0.3, -0.25) is 4.99 Å². The van der Waals surface area contributed by atoms with Crippen molar-refractivity contribution in [3.8, 4) is 0 Å². The third kappa shape index (κ3) is 3.04. The summed E-state index contributed by atoms with van der Waals surface area (Å²) in [5.74, 6) is 0.378. The van der Waals surface area contributed by atoms with Crippen molar-refractivity contribution in [2.75, 3.05) is 33.7 Å². The molecule has 4 nitrogen and oxygen atoms in total. The predicted octanol–water partition coefficient (Wildman–Crippen LogP) is 1.37. The number of hydrogen-bond acceptors (Lipinski definition) is 4. The van der Waals surface area contributed by atoms with Crippen LogP contribution in [0.25, 0.3) is 0 Å². The Balaban J connectivity index is 2.19. The van der Waals surface area contributed by atoms with Gasteiger partial charge in [-0.05, 0) is 44.3 Å². The van der Waals surface area contributed by atoms with Gasteiger partial charge >= 0.3 is 0 Å². The molecule has 1 heterocycles. The van der Waals surface area contributed by atoms with Crippen LogP contribution in [0.1, 0.15) is 17.2 Å². The lowest BCUT2D eigenvalue weighted by atomic mass is 10.0. The average Bonchev–Trinajstić information content (AvgIpc) is 2.68. The monoisotopic (exact) mass is 264 g/mol. The quantitative estimate of drug-likeness (QED) is 0.893. The molecular formula is C14H21FN4. The minimum absolute atomic E-state index is 0.126. The van der Waals surface area contributed by atoms with Gasteiger partial charge in [0.05, 0.1) is 12.6 Å². The Hall–Kier alpha value is -1.62. The summed E-state index contributed by atoms with van der Waals surface area (Å²) in [6, 6.07) is 5.03. The van der Waals surface area contributed by atoms with Gasteiger partial charge in [-0.15, -0.1) is 0 Å². The van der Waals surface area contributed by atoms with Crippen molar-refractivity contribution in [2.24, 2.45) is 10.7 Å². The molecule has 1 aliphatic heterocycles. The van der Waals surface area contributed by atoms with E-state index in [1.807, 2.05) is 27.1 Å². The molecule has 1 aromatic carbocycles. The molecule has 0 spiro atoms. The van der Waals surface area contributed by atoms with E-state index >= 15 is 0 Å². The number of likely N-dealkylation sites (N-methyl/N-ethyl adjacent to an activating group) is 1.